The molecular weight excluding hydrogens is 222 g/mol. The average molecular weight is 241 g/mol. The third kappa shape index (κ3) is 1.58. The van der Waals surface area contributed by atoms with Crippen LogP contribution in [0.5, 0.6) is 0 Å². The van der Waals surface area contributed by atoms with Crippen molar-refractivity contribution in [1.29, 1.82) is 0 Å². The van der Waals surface area contributed by atoms with Crippen LogP contribution in [0.1, 0.15) is 35.0 Å². The van der Waals surface area contributed by atoms with Crippen molar-refractivity contribution in [3.05, 3.63) is 40.7 Å². The predicted octanol–water partition coefficient (Wildman–Crippen LogP) is 2.65. The summed E-state index contributed by atoms with van der Waals surface area (Å²) in [5.74, 6) is 0. The van der Waals surface area contributed by atoms with Gasteiger partial charge in [-0.05, 0) is 49.4 Å². The van der Waals surface area contributed by atoms with E-state index < -0.39 is 0 Å². The smallest absolute Gasteiger partial charge is 0.0674 e. The summed E-state index contributed by atoms with van der Waals surface area (Å²) >= 11 is 0. The molecule has 3 rings (SSSR count). The number of fused-ring (bicyclic) bond motifs is 1. The van der Waals surface area contributed by atoms with Crippen molar-refractivity contribution in [2.45, 2.75) is 32.7 Å². The van der Waals surface area contributed by atoms with Crippen molar-refractivity contribution in [3.8, 4) is 11.1 Å². The van der Waals surface area contributed by atoms with E-state index in [2.05, 4.69) is 37.1 Å². The van der Waals surface area contributed by atoms with Crippen molar-refractivity contribution < 1.29 is 0 Å². The van der Waals surface area contributed by atoms with Crippen LogP contribution in [0.2, 0.25) is 0 Å². The molecule has 1 aliphatic rings. The molecule has 0 spiro atoms. The van der Waals surface area contributed by atoms with E-state index >= 15 is 0 Å². The molecule has 0 radical (unpaired) electrons. The summed E-state index contributed by atoms with van der Waals surface area (Å²) in [6.07, 6.45) is 2.19. The van der Waals surface area contributed by atoms with Gasteiger partial charge in [-0.25, -0.2) is 0 Å². The average Bonchev–Trinajstić information content (AvgIpc) is 2.82. The third-order valence-corrected chi connectivity index (χ3v) is 4.07. The highest BCUT2D eigenvalue weighted by molar-refractivity contribution is 5.70. The minimum atomic E-state index is 0.206. The summed E-state index contributed by atoms with van der Waals surface area (Å²) < 4.78 is 1.94. The molecule has 1 aromatic carbocycles. The van der Waals surface area contributed by atoms with Crippen LogP contribution in [0.3, 0.4) is 0 Å². The van der Waals surface area contributed by atoms with Crippen LogP contribution in [-0.2, 0) is 13.5 Å². The Morgan fingerprint density at radius 3 is 2.78 bits per heavy atom. The Hall–Kier alpha value is -1.61. The second-order valence-electron chi connectivity index (χ2n) is 5.23. The van der Waals surface area contributed by atoms with Gasteiger partial charge in [0.1, 0.15) is 0 Å². The molecule has 0 saturated carbocycles. The largest absolute Gasteiger partial charge is 0.324 e. The molecular formula is C15H19N3. The summed E-state index contributed by atoms with van der Waals surface area (Å²) in [6.45, 7) is 4.18. The number of aromatic nitrogens is 2. The van der Waals surface area contributed by atoms with Crippen LogP contribution >= 0.6 is 0 Å². The molecule has 1 aliphatic carbocycles. The Labute approximate surface area is 108 Å². The lowest BCUT2D eigenvalue weighted by Crippen LogP contribution is -2.05. The van der Waals surface area contributed by atoms with Gasteiger partial charge in [0.15, 0.2) is 0 Å². The van der Waals surface area contributed by atoms with Gasteiger partial charge in [-0.2, -0.15) is 5.10 Å². The molecule has 1 atom stereocenters. The fourth-order valence-electron chi connectivity index (χ4n) is 2.98. The van der Waals surface area contributed by atoms with Gasteiger partial charge in [-0.15, -0.1) is 0 Å². The van der Waals surface area contributed by atoms with Gasteiger partial charge in [0.2, 0.25) is 0 Å². The number of aryl methyl sites for hydroxylation is 3. The van der Waals surface area contributed by atoms with Gasteiger partial charge in [-0.3, -0.25) is 4.68 Å². The zero-order valence-corrected chi connectivity index (χ0v) is 11.2. The summed E-state index contributed by atoms with van der Waals surface area (Å²) in [6, 6.07) is 6.89. The number of nitrogens with zero attached hydrogens (tertiary/aromatic N) is 2. The zero-order chi connectivity index (χ0) is 12.9. The molecule has 0 fully saturated rings. The van der Waals surface area contributed by atoms with E-state index in [0.717, 1.165) is 18.5 Å². The van der Waals surface area contributed by atoms with E-state index in [1.165, 1.54) is 27.9 Å². The molecule has 1 aromatic heterocycles. The van der Waals surface area contributed by atoms with Gasteiger partial charge in [0, 0.05) is 24.3 Å². The molecule has 2 aromatic rings. The molecule has 0 amide bonds. The first-order chi connectivity index (χ1) is 8.58. The molecule has 2 N–H and O–H groups in total. The van der Waals surface area contributed by atoms with E-state index in [9.17, 15) is 0 Å². The van der Waals surface area contributed by atoms with Crippen molar-refractivity contribution in [2.24, 2.45) is 12.8 Å². The van der Waals surface area contributed by atoms with Crippen LogP contribution in [0.15, 0.2) is 18.2 Å². The van der Waals surface area contributed by atoms with Crippen molar-refractivity contribution in [2.75, 3.05) is 0 Å². The number of nitrogens with two attached hydrogens (primary N) is 1. The molecule has 3 heteroatoms. The molecule has 0 aliphatic heterocycles. The predicted molar refractivity (Wildman–Crippen MR) is 73.4 cm³/mol. The first-order valence-corrected chi connectivity index (χ1v) is 6.47. The molecule has 1 heterocycles. The van der Waals surface area contributed by atoms with Crippen LogP contribution in [0.25, 0.3) is 11.1 Å². The van der Waals surface area contributed by atoms with E-state index in [0.29, 0.717) is 0 Å². The summed E-state index contributed by atoms with van der Waals surface area (Å²) in [4.78, 5) is 0. The lowest BCUT2D eigenvalue weighted by atomic mass is 9.98. The van der Waals surface area contributed by atoms with E-state index in [1.54, 1.807) is 0 Å². The lowest BCUT2D eigenvalue weighted by Gasteiger charge is -2.08. The number of hydrogen-bond acceptors (Lipinski definition) is 2. The standard InChI is InChI=1S/C15H19N3/c1-9-15(10(2)18(3)17-9)12-5-4-11-6-7-14(16)13(11)8-12/h4-5,8,14H,6-7,16H2,1-3H3. The summed E-state index contributed by atoms with van der Waals surface area (Å²) in [7, 11) is 1.99. The van der Waals surface area contributed by atoms with Crippen LogP contribution < -0.4 is 5.73 Å². The molecule has 18 heavy (non-hydrogen) atoms. The number of hydrogen-bond donors (Lipinski definition) is 1. The van der Waals surface area contributed by atoms with Gasteiger partial charge in [0.05, 0.1) is 5.69 Å². The second-order valence-corrected chi connectivity index (χ2v) is 5.23. The second kappa shape index (κ2) is 3.95. The SMILES string of the molecule is Cc1nn(C)c(C)c1-c1ccc2c(c1)C(N)CC2. The molecule has 1 unspecified atom stereocenters. The zero-order valence-electron chi connectivity index (χ0n) is 11.2. The van der Waals surface area contributed by atoms with Crippen LogP contribution in [0.4, 0.5) is 0 Å². The van der Waals surface area contributed by atoms with Crippen LogP contribution in [0, 0.1) is 13.8 Å². The summed E-state index contributed by atoms with van der Waals surface area (Å²) in [5, 5.41) is 4.48. The fraction of sp³-hybridized carbons (Fsp3) is 0.400. The van der Waals surface area contributed by atoms with Crippen molar-refractivity contribution in [1.82, 2.24) is 9.78 Å². The molecule has 3 nitrogen and oxygen atoms in total. The maximum Gasteiger partial charge on any atom is 0.0674 e. The minimum absolute atomic E-state index is 0.206. The topological polar surface area (TPSA) is 43.8 Å². The van der Waals surface area contributed by atoms with Crippen molar-refractivity contribution >= 4 is 0 Å². The lowest BCUT2D eigenvalue weighted by molar-refractivity contribution is 0.713. The fourth-order valence-corrected chi connectivity index (χ4v) is 2.98. The van der Waals surface area contributed by atoms with Gasteiger partial charge >= 0.3 is 0 Å². The Balaban J connectivity index is 2.16. The van der Waals surface area contributed by atoms with Crippen LogP contribution in [-0.4, -0.2) is 9.78 Å². The van der Waals surface area contributed by atoms with Crippen molar-refractivity contribution in [3.63, 3.8) is 0 Å². The van der Waals surface area contributed by atoms with E-state index in [-0.39, 0.29) is 6.04 Å². The van der Waals surface area contributed by atoms with Gasteiger partial charge in [-0.1, -0.05) is 12.1 Å². The minimum Gasteiger partial charge on any atom is -0.324 e. The summed E-state index contributed by atoms with van der Waals surface area (Å²) in [5.41, 5.74) is 13.7. The first-order valence-electron chi connectivity index (χ1n) is 6.47. The highest BCUT2D eigenvalue weighted by Crippen LogP contribution is 2.34. The van der Waals surface area contributed by atoms with Gasteiger partial charge in [0.25, 0.3) is 0 Å². The Morgan fingerprint density at radius 1 is 1.33 bits per heavy atom. The molecule has 0 bridgehead atoms. The van der Waals surface area contributed by atoms with Gasteiger partial charge < -0.3 is 5.73 Å². The highest BCUT2D eigenvalue weighted by Gasteiger charge is 2.20. The maximum atomic E-state index is 6.15. The van der Waals surface area contributed by atoms with E-state index in [4.69, 9.17) is 5.73 Å². The van der Waals surface area contributed by atoms with E-state index in [1.807, 2.05) is 11.7 Å². The quantitative estimate of drug-likeness (QED) is 0.834. The normalized spacial score (nSPS) is 18.1. The number of benzene rings is 1. The first kappa shape index (κ1) is 11.5. The highest BCUT2D eigenvalue weighted by atomic mass is 15.3. The Bertz CT molecular complexity index is 610. The molecule has 0 saturated heterocycles. The molecule has 94 valence electrons. The third-order valence-electron chi connectivity index (χ3n) is 4.07. The Kier molecular flexibility index (Phi) is 2.52. The monoisotopic (exact) mass is 241 g/mol. The number of rotatable bonds is 1. The Morgan fingerprint density at radius 2 is 2.11 bits per heavy atom. The maximum absolute atomic E-state index is 6.15.